The average Bonchev–Trinajstić information content (AvgIpc) is 3.17. The number of hydrogen-bond donors (Lipinski definition) is 0. The molecule has 0 radical (unpaired) electrons. The Labute approximate surface area is 193 Å². The van der Waals surface area contributed by atoms with E-state index in [1.807, 2.05) is 21.9 Å². The van der Waals surface area contributed by atoms with Crippen molar-refractivity contribution in [3.63, 3.8) is 0 Å². The third-order valence-electron chi connectivity index (χ3n) is 7.09. The van der Waals surface area contributed by atoms with Crippen molar-refractivity contribution in [2.24, 2.45) is 5.41 Å². The predicted molar refractivity (Wildman–Crippen MR) is 120 cm³/mol. The van der Waals surface area contributed by atoms with Crippen LogP contribution in [-0.2, 0) is 0 Å². The van der Waals surface area contributed by atoms with Crippen LogP contribution in [0.5, 0.6) is 0 Å². The summed E-state index contributed by atoms with van der Waals surface area (Å²) < 4.78 is 33.1. The molecule has 2 aromatic heterocycles. The molecular formula is C23H22ClF2N5O2. The van der Waals surface area contributed by atoms with E-state index in [4.69, 9.17) is 16.0 Å². The first kappa shape index (κ1) is 20.7. The molecule has 2 aliphatic heterocycles. The number of alkyl halides is 2. The fourth-order valence-corrected chi connectivity index (χ4v) is 5.08. The molecule has 3 aromatic rings. The molecule has 1 aliphatic carbocycles. The summed E-state index contributed by atoms with van der Waals surface area (Å²) in [7, 11) is 0. The number of aromatic nitrogens is 2. The molecule has 1 unspecified atom stereocenters. The zero-order valence-corrected chi connectivity index (χ0v) is 18.6. The maximum absolute atomic E-state index is 13.7. The fourth-order valence-electron chi connectivity index (χ4n) is 4.93. The van der Waals surface area contributed by atoms with Crippen molar-refractivity contribution in [2.45, 2.75) is 18.8 Å². The minimum Gasteiger partial charge on any atom is -0.422 e. The number of nitrogens with zero attached hydrogens (tertiary/aromatic N) is 5. The Morgan fingerprint density at radius 3 is 2.36 bits per heavy atom. The molecule has 1 aromatic carbocycles. The smallest absolute Gasteiger partial charge is 0.300 e. The van der Waals surface area contributed by atoms with Crippen LogP contribution in [0.3, 0.4) is 0 Å². The van der Waals surface area contributed by atoms with Crippen molar-refractivity contribution in [1.82, 2.24) is 14.9 Å². The highest BCUT2D eigenvalue weighted by atomic mass is 35.5. The first-order valence-corrected chi connectivity index (χ1v) is 11.4. The molecule has 1 spiro atoms. The number of anilines is 2. The molecule has 1 atom stereocenters. The fraction of sp³-hybridized carbons (Fsp3) is 0.435. The van der Waals surface area contributed by atoms with E-state index in [0.29, 0.717) is 73.7 Å². The molecule has 33 heavy (non-hydrogen) atoms. The highest BCUT2D eigenvalue weighted by Crippen LogP contribution is 2.65. The van der Waals surface area contributed by atoms with Crippen LogP contribution in [-0.4, -0.2) is 66.0 Å². The van der Waals surface area contributed by atoms with Crippen molar-refractivity contribution in [1.29, 1.82) is 0 Å². The molecule has 3 fully saturated rings. The number of carbonyl (C=O) groups excluding carboxylic acids is 1. The zero-order chi connectivity index (χ0) is 22.8. The highest BCUT2D eigenvalue weighted by molar-refractivity contribution is 6.29. The molecule has 3 aliphatic rings. The minimum atomic E-state index is -2.53. The third kappa shape index (κ3) is 3.49. The van der Waals surface area contributed by atoms with Gasteiger partial charge in [0.2, 0.25) is 5.65 Å². The lowest BCUT2D eigenvalue weighted by atomic mass is 10.1. The van der Waals surface area contributed by atoms with Crippen molar-refractivity contribution < 1.29 is 18.0 Å². The lowest BCUT2D eigenvalue weighted by molar-refractivity contribution is 0.0710. The van der Waals surface area contributed by atoms with Gasteiger partial charge < -0.3 is 19.1 Å². The summed E-state index contributed by atoms with van der Waals surface area (Å²) in [5, 5.41) is 0.360. The summed E-state index contributed by atoms with van der Waals surface area (Å²) in [5.41, 5.74) is 1.69. The van der Waals surface area contributed by atoms with Crippen LogP contribution in [0, 0.1) is 5.41 Å². The molecule has 7 nitrogen and oxygen atoms in total. The van der Waals surface area contributed by atoms with Gasteiger partial charge in [-0.15, -0.1) is 0 Å². The van der Waals surface area contributed by atoms with Gasteiger partial charge in [-0.3, -0.25) is 4.79 Å². The van der Waals surface area contributed by atoms with Crippen LogP contribution < -0.4 is 9.80 Å². The van der Waals surface area contributed by atoms with Crippen LogP contribution in [0.25, 0.3) is 11.2 Å². The Hall–Kier alpha value is -2.94. The lowest BCUT2D eigenvalue weighted by Gasteiger charge is -2.33. The molecular weight excluding hydrogens is 452 g/mol. The molecule has 1 saturated carbocycles. The average molecular weight is 474 g/mol. The topological polar surface area (TPSA) is 65.7 Å². The van der Waals surface area contributed by atoms with Gasteiger partial charge in [-0.05, 0) is 42.8 Å². The van der Waals surface area contributed by atoms with E-state index >= 15 is 0 Å². The zero-order valence-electron chi connectivity index (χ0n) is 17.8. The quantitative estimate of drug-likeness (QED) is 0.534. The van der Waals surface area contributed by atoms with Gasteiger partial charge in [-0.25, -0.2) is 13.8 Å². The van der Waals surface area contributed by atoms with Crippen molar-refractivity contribution in [3.8, 4) is 0 Å². The van der Waals surface area contributed by atoms with Gasteiger partial charge in [0.05, 0.1) is 5.41 Å². The van der Waals surface area contributed by atoms with Crippen molar-refractivity contribution in [3.05, 3.63) is 47.1 Å². The second-order valence-corrected chi connectivity index (χ2v) is 9.50. The van der Waals surface area contributed by atoms with E-state index in [1.54, 1.807) is 29.2 Å². The summed E-state index contributed by atoms with van der Waals surface area (Å²) in [4.78, 5) is 27.3. The molecule has 0 N–H and O–H groups in total. The highest BCUT2D eigenvalue weighted by Gasteiger charge is 2.72. The number of piperazine rings is 1. The van der Waals surface area contributed by atoms with Gasteiger partial charge in [0, 0.05) is 56.9 Å². The Kier molecular flexibility index (Phi) is 4.56. The largest absolute Gasteiger partial charge is 0.422 e. The molecule has 6 rings (SSSR count). The van der Waals surface area contributed by atoms with Gasteiger partial charge in [-0.2, -0.15) is 4.98 Å². The number of oxazole rings is 1. The van der Waals surface area contributed by atoms with Gasteiger partial charge in [-0.1, -0.05) is 11.6 Å². The van der Waals surface area contributed by atoms with E-state index < -0.39 is 11.3 Å². The van der Waals surface area contributed by atoms with Crippen LogP contribution in [0.2, 0.25) is 5.15 Å². The number of amides is 1. The molecule has 10 heteroatoms. The summed E-state index contributed by atoms with van der Waals surface area (Å²) in [6.45, 7) is 3.27. The summed E-state index contributed by atoms with van der Waals surface area (Å²) in [5.74, 6) is -2.57. The van der Waals surface area contributed by atoms with E-state index in [-0.39, 0.29) is 12.3 Å². The SMILES string of the molecule is O=C(c1ccc(N2CCC3(C2)CC3(F)F)cc1)N1CCN(c2nc3nc(Cl)ccc3o2)CC1. The summed E-state index contributed by atoms with van der Waals surface area (Å²) in [6.07, 6.45) is 0.515. The minimum absolute atomic E-state index is 0.00709. The molecule has 1 amide bonds. The van der Waals surface area contributed by atoms with Gasteiger partial charge in [0.25, 0.3) is 17.8 Å². The lowest BCUT2D eigenvalue weighted by Crippen LogP contribution is -2.48. The normalized spacial score (nSPS) is 24.2. The Morgan fingerprint density at radius 1 is 0.970 bits per heavy atom. The van der Waals surface area contributed by atoms with Crippen molar-refractivity contribution >= 4 is 40.4 Å². The standard InChI is InChI=1S/C23H22ClF2N5O2/c24-18-6-5-17-19(27-18)28-21(33-17)30-11-9-29(10-12-30)20(32)15-1-3-16(4-2-15)31-8-7-22(14-31)13-23(22,25)26/h1-6H,7-14H2. The number of rotatable bonds is 3. The van der Waals surface area contributed by atoms with E-state index in [0.717, 1.165) is 5.69 Å². The summed E-state index contributed by atoms with van der Waals surface area (Å²) in [6, 6.07) is 11.2. The van der Waals surface area contributed by atoms with Gasteiger partial charge in [0.15, 0.2) is 5.58 Å². The first-order chi connectivity index (χ1) is 15.8. The maximum Gasteiger partial charge on any atom is 0.300 e. The third-order valence-corrected chi connectivity index (χ3v) is 7.30. The number of hydrogen-bond acceptors (Lipinski definition) is 6. The number of benzene rings is 1. The van der Waals surface area contributed by atoms with Crippen LogP contribution in [0.1, 0.15) is 23.2 Å². The second kappa shape index (κ2) is 7.28. The van der Waals surface area contributed by atoms with Crippen LogP contribution >= 0.6 is 11.6 Å². The van der Waals surface area contributed by atoms with Crippen molar-refractivity contribution in [2.75, 3.05) is 49.1 Å². The number of fused-ring (bicyclic) bond motifs is 1. The van der Waals surface area contributed by atoms with Gasteiger partial charge >= 0.3 is 0 Å². The number of halogens is 3. The first-order valence-electron chi connectivity index (χ1n) is 11.0. The van der Waals surface area contributed by atoms with E-state index in [2.05, 4.69) is 9.97 Å². The number of carbonyl (C=O) groups is 1. The second-order valence-electron chi connectivity index (χ2n) is 9.11. The Morgan fingerprint density at radius 2 is 1.70 bits per heavy atom. The van der Waals surface area contributed by atoms with E-state index in [1.165, 1.54) is 0 Å². The van der Waals surface area contributed by atoms with Gasteiger partial charge in [0.1, 0.15) is 5.15 Å². The van der Waals surface area contributed by atoms with Crippen LogP contribution in [0.4, 0.5) is 20.5 Å². The number of pyridine rings is 1. The van der Waals surface area contributed by atoms with E-state index in [9.17, 15) is 13.6 Å². The Balaban J connectivity index is 1.08. The molecule has 172 valence electrons. The molecule has 2 saturated heterocycles. The predicted octanol–water partition coefficient (Wildman–Crippen LogP) is 4.07. The molecule has 4 heterocycles. The molecule has 0 bridgehead atoms. The monoisotopic (exact) mass is 473 g/mol. The maximum atomic E-state index is 13.7. The summed E-state index contributed by atoms with van der Waals surface area (Å²) >= 11 is 5.92. The Bertz CT molecular complexity index is 1230. The van der Waals surface area contributed by atoms with Crippen LogP contribution in [0.15, 0.2) is 40.8 Å².